The highest BCUT2D eigenvalue weighted by Gasteiger charge is 2.06. The number of pyridine rings is 1. The SMILES string of the molecule is OCc1cc2ccccc2nc1NCCCc1nc2ccccc2[nH]1. The van der Waals surface area contributed by atoms with Gasteiger partial charge in [-0.05, 0) is 30.7 Å². The summed E-state index contributed by atoms with van der Waals surface area (Å²) in [6, 6.07) is 18.0. The topological polar surface area (TPSA) is 73.8 Å². The van der Waals surface area contributed by atoms with Crippen LogP contribution in [0.15, 0.2) is 54.6 Å². The van der Waals surface area contributed by atoms with Crippen LogP contribution in [0.4, 0.5) is 5.82 Å². The Bertz CT molecular complexity index is 976. The first-order valence-corrected chi connectivity index (χ1v) is 8.50. The molecule has 0 saturated heterocycles. The second-order valence-electron chi connectivity index (χ2n) is 6.08. The van der Waals surface area contributed by atoms with Gasteiger partial charge in [-0.1, -0.05) is 30.3 Å². The number of H-pyrrole nitrogens is 1. The van der Waals surface area contributed by atoms with Crippen molar-refractivity contribution in [3.05, 3.63) is 66.0 Å². The number of aliphatic hydroxyl groups is 1. The normalized spacial score (nSPS) is 11.2. The molecule has 0 aliphatic heterocycles. The van der Waals surface area contributed by atoms with Gasteiger partial charge in [-0.3, -0.25) is 0 Å². The Morgan fingerprint density at radius 2 is 1.76 bits per heavy atom. The van der Waals surface area contributed by atoms with Gasteiger partial charge in [0.05, 0.1) is 23.2 Å². The molecule has 0 spiro atoms. The van der Waals surface area contributed by atoms with Crippen molar-refractivity contribution < 1.29 is 5.11 Å². The molecule has 0 aliphatic carbocycles. The fourth-order valence-corrected chi connectivity index (χ4v) is 3.02. The zero-order valence-electron chi connectivity index (χ0n) is 13.9. The Morgan fingerprint density at radius 1 is 0.960 bits per heavy atom. The lowest BCUT2D eigenvalue weighted by Crippen LogP contribution is -2.08. The Labute approximate surface area is 145 Å². The number of aliphatic hydroxyl groups excluding tert-OH is 1. The maximum atomic E-state index is 9.60. The molecule has 5 heteroatoms. The Balaban J connectivity index is 1.41. The van der Waals surface area contributed by atoms with Crippen LogP contribution in [0, 0.1) is 0 Å². The minimum absolute atomic E-state index is 0.0241. The van der Waals surface area contributed by atoms with Gasteiger partial charge < -0.3 is 15.4 Å². The highest BCUT2D eigenvalue weighted by Crippen LogP contribution is 2.20. The van der Waals surface area contributed by atoms with E-state index in [1.54, 1.807) is 0 Å². The standard InChI is InChI=1S/C20H20N4O/c25-13-15-12-14-6-1-2-7-16(14)24-20(15)21-11-5-10-19-22-17-8-3-4-9-18(17)23-19/h1-4,6-9,12,25H,5,10-11,13H2,(H,21,24)(H,22,23). The van der Waals surface area contributed by atoms with E-state index in [4.69, 9.17) is 0 Å². The van der Waals surface area contributed by atoms with Crippen molar-refractivity contribution in [2.45, 2.75) is 19.4 Å². The van der Waals surface area contributed by atoms with Gasteiger partial charge in [0.25, 0.3) is 0 Å². The molecule has 126 valence electrons. The lowest BCUT2D eigenvalue weighted by atomic mass is 10.1. The second kappa shape index (κ2) is 6.91. The van der Waals surface area contributed by atoms with E-state index in [-0.39, 0.29) is 6.61 Å². The summed E-state index contributed by atoms with van der Waals surface area (Å²) in [4.78, 5) is 12.6. The van der Waals surface area contributed by atoms with Crippen LogP contribution in [0.5, 0.6) is 0 Å². The average Bonchev–Trinajstić information content (AvgIpc) is 3.07. The molecule has 2 heterocycles. The highest BCUT2D eigenvalue weighted by molar-refractivity contribution is 5.81. The molecule has 0 aliphatic rings. The largest absolute Gasteiger partial charge is 0.392 e. The van der Waals surface area contributed by atoms with Crippen molar-refractivity contribution in [3.8, 4) is 0 Å². The molecule has 0 radical (unpaired) electrons. The van der Waals surface area contributed by atoms with Gasteiger partial charge in [-0.25, -0.2) is 9.97 Å². The molecular formula is C20H20N4O. The first kappa shape index (κ1) is 15.6. The van der Waals surface area contributed by atoms with E-state index < -0.39 is 0 Å². The number of aromatic nitrogens is 3. The third kappa shape index (κ3) is 3.32. The number of aromatic amines is 1. The van der Waals surface area contributed by atoms with E-state index in [1.807, 2.05) is 54.6 Å². The van der Waals surface area contributed by atoms with Crippen molar-refractivity contribution in [1.82, 2.24) is 15.0 Å². The number of hydrogen-bond donors (Lipinski definition) is 3. The van der Waals surface area contributed by atoms with Crippen LogP contribution in [0.3, 0.4) is 0 Å². The molecule has 0 atom stereocenters. The fourth-order valence-electron chi connectivity index (χ4n) is 3.02. The van der Waals surface area contributed by atoms with Gasteiger partial charge in [-0.15, -0.1) is 0 Å². The zero-order valence-corrected chi connectivity index (χ0v) is 13.9. The number of para-hydroxylation sites is 3. The number of nitrogens with zero attached hydrogens (tertiary/aromatic N) is 2. The number of aryl methyl sites for hydroxylation is 1. The van der Waals surface area contributed by atoms with Gasteiger partial charge in [0.1, 0.15) is 11.6 Å². The summed E-state index contributed by atoms with van der Waals surface area (Å²) < 4.78 is 0. The summed E-state index contributed by atoms with van der Waals surface area (Å²) in [5.74, 6) is 1.75. The molecule has 2 aromatic carbocycles. The summed E-state index contributed by atoms with van der Waals surface area (Å²) >= 11 is 0. The van der Waals surface area contributed by atoms with Gasteiger partial charge in [0.2, 0.25) is 0 Å². The van der Waals surface area contributed by atoms with Gasteiger partial charge in [0.15, 0.2) is 0 Å². The third-order valence-electron chi connectivity index (χ3n) is 4.29. The molecule has 4 rings (SSSR count). The molecule has 3 N–H and O–H groups in total. The summed E-state index contributed by atoms with van der Waals surface area (Å²) in [7, 11) is 0. The third-order valence-corrected chi connectivity index (χ3v) is 4.29. The van der Waals surface area contributed by atoms with Crippen LogP contribution < -0.4 is 5.32 Å². The van der Waals surface area contributed by atoms with Crippen molar-refractivity contribution >= 4 is 27.8 Å². The molecular weight excluding hydrogens is 312 g/mol. The summed E-state index contributed by atoms with van der Waals surface area (Å²) in [6.07, 6.45) is 1.79. The van der Waals surface area contributed by atoms with E-state index in [0.717, 1.165) is 58.5 Å². The molecule has 0 bridgehead atoms. The smallest absolute Gasteiger partial charge is 0.132 e. The van der Waals surface area contributed by atoms with Crippen LogP contribution in [-0.4, -0.2) is 26.6 Å². The predicted molar refractivity (Wildman–Crippen MR) is 101 cm³/mol. The molecule has 0 fully saturated rings. The van der Waals surface area contributed by atoms with Crippen molar-refractivity contribution in [2.75, 3.05) is 11.9 Å². The Morgan fingerprint density at radius 3 is 2.60 bits per heavy atom. The van der Waals surface area contributed by atoms with Gasteiger partial charge >= 0.3 is 0 Å². The number of benzene rings is 2. The van der Waals surface area contributed by atoms with Crippen LogP contribution in [0.1, 0.15) is 17.8 Å². The summed E-state index contributed by atoms with van der Waals surface area (Å²) in [5.41, 5.74) is 3.83. The number of rotatable bonds is 6. The maximum absolute atomic E-state index is 9.60. The molecule has 0 saturated carbocycles. The molecule has 0 unspecified atom stereocenters. The average molecular weight is 332 g/mol. The Hall–Kier alpha value is -2.92. The molecule has 5 nitrogen and oxygen atoms in total. The van der Waals surface area contributed by atoms with Gasteiger partial charge in [0, 0.05) is 23.9 Å². The van der Waals surface area contributed by atoms with E-state index in [9.17, 15) is 5.11 Å². The summed E-state index contributed by atoms with van der Waals surface area (Å²) in [6.45, 7) is 0.749. The molecule has 0 amide bonds. The van der Waals surface area contributed by atoms with Gasteiger partial charge in [-0.2, -0.15) is 0 Å². The summed E-state index contributed by atoms with van der Waals surface area (Å²) in [5, 5.41) is 14.0. The molecule has 4 aromatic rings. The van der Waals surface area contributed by atoms with E-state index in [0.29, 0.717) is 0 Å². The number of nitrogens with one attached hydrogen (secondary N) is 2. The molecule has 2 aromatic heterocycles. The van der Waals surface area contributed by atoms with Crippen LogP contribution >= 0.6 is 0 Å². The second-order valence-corrected chi connectivity index (χ2v) is 6.08. The monoisotopic (exact) mass is 332 g/mol. The lowest BCUT2D eigenvalue weighted by molar-refractivity contribution is 0.282. The maximum Gasteiger partial charge on any atom is 0.132 e. The van der Waals surface area contributed by atoms with E-state index >= 15 is 0 Å². The highest BCUT2D eigenvalue weighted by atomic mass is 16.3. The molecule has 25 heavy (non-hydrogen) atoms. The predicted octanol–water partition coefficient (Wildman–Crippen LogP) is 3.65. The lowest BCUT2D eigenvalue weighted by Gasteiger charge is -2.11. The fraction of sp³-hybridized carbons (Fsp3) is 0.200. The number of fused-ring (bicyclic) bond motifs is 2. The van der Waals surface area contributed by atoms with Crippen molar-refractivity contribution in [2.24, 2.45) is 0 Å². The number of imidazole rings is 1. The van der Waals surface area contributed by atoms with E-state index in [2.05, 4.69) is 20.3 Å². The first-order chi connectivity index (χ1) is 12.3. The first-order valence-electron chi connectivity index (χ1n) is 8.50. The van der Waals surface area contributed by atoms with Crippen LogP contribution in [0.2, 0.25) is 0 Å². The quantitative estimate of drug-likeness (QED) is 0.471. The van der Waals surface area contributed by atoms with Crippen molar-refractivity contribution in [3.63, 3.8) is 0 Å². The number of hydrogen-bond acceptors (Lipinski definition) is 4. The van der Waals surface area contributed by atoms with E-state index in [1.165, 1.54) is 0 Å². The Kier molecular flexibility index (Phi) is 4.31. The minimum atomic E-state index is -0.0241. The van der Waals surface area contributed by atoms with Crippen molar-refractivity contribution in [1.29, 1.82) is 0 Å². The minimum Gasteiger partial charge on any atom is -0.392 e. The van der Waals surface area contributed by atoms with Crippen LogP contribution in [0.25, 0.3) is 21.9 Å². The van der Waals surface area contributed by atoms with Crippen LogP contribution in [-0.2, 0) is 13.0 Å². The zero-order chi connectivity index (χ0) is 17.1. The number of anilines is 1.